The maximum absolute atomic E-state index is 12.5. The summed E-state index contributed by atoms with van der Waals surface area (Å²) in [5, 5.41) is 16.0. The van der Waals surface area contributed by atoms with E-state index in [1.165, 1.54) is 35.5 Å². The number of hydrogen-bond donors (Lipinski definition) is 2. The summed E-state index contributed by atoms with van der Waals surface area (Å²) in [4.78, 5) is 36.7. The number of nitrogens with zero attached hydrogens (tertiary/aromatic N) is 3. The number of methoxy groups -OCH3 is 1. The highest BCUT2D eigenvalue weighted by molar-refractivity contribution is 5.95. The summed E-state index contributed by atoms with van der Waals surface area (Å²) in [6, 6.07) is 0.216. The minimum absolute atomic E-state index is 0.0286. The molecule has 1 aromatic heterocycles. The van der Waals surface area contributed by atoms with Gasteiger partial charge < -0.3 is 20.1 Å². The van der Waals surface area contributed by atoms with E-state index in [1.807, 2.05) is 0 Å². The Kier molecular flexibility index (Phi) is 7.58. The summed E-state index contributed by atoms with van der Waals surface area (Å²) < 4.78 is 6.30. The lowest BCUT2D eigenvalue weighted by Gasteiger charge is -2.22. The first-order chi connectivity index (χ1) is 12.5. The van der Waals surface area contributed by atoms with E-state index in [-0.39, 0.29) is 37.2 Å². The van der Waals surface area contributed by atoms with E-state index in [2.05, 4.69) is 10.4 Å². The summed E-state index contributed by atoms with van der Waals surface area (Å²) in [6.45, 7) is 0.00223. The predicted molar refractivity (Wildman–Crippen MR) is 92.7 cm³/mol. The van der Waals surface area contributed by atoms with E-state index in [4.69, 9.17) is 9.84 Å². The van der Waals surface area contributed by atoms with Crippen molar-refractivity contribution < 1.29 is 24.2 Å². The van der Waals surface area contributed by atoms with E-state index < -0.39 is 18.4 Å². The largest absolute Gasteiger partial charge is 0.480 e. The Labute approximate surface area is 152 Å². The lowest BCUT2D eigenvalue weighted by atomic mass is 9.95. The lowest BCUT2D eigenvalue weighted by molar-refractivity contribution is -0.137. The minimum atomic E-state index is -1.10. The highest BCUT2D eigenvalue weighted by Crippen LogP contribution is 2.17. The maximum Gasteiger partial charge on any atom is 0.323 e. The van der Waals surface area contributed by atoms with Crippen LogP contribution in [0.1, 0.15) is 42.5 Å². The molecule has 1 heterocycles. The molecule has 2 rings (SSSR count). The Hall–Kier alpha value is -2.42. The summed E-state index contributed by atoms with van der Waals surface area (Å²) in [6.07, 6.45) is 8.28. The molecule has 144 valence electrons. The molecular weight excluding hydrogens is 340 g/mol. The van der Waals surface area contributed by atoms with Crippen molar-refractivity contribution in [3.05, 3.63) is 18.0 Å². The van der Waals surface area contributed by atoms with E-state index in [9.17, 15) is 14.4 Å². The number of hydrogen-bond acceptors (Lipinski definition) is 5. The Morgan fingerprint density at radius 2 is 2.08 bits per heavy atom. The van der Waals surface area contributed by atoms with E-state index in [0.717, 1.165) is 25.7 Å². The number of aliphatic carboxylic acids is 1. The molecule has 26 heavy (non-hydrogen) atoms. The first-order valence-electron chi connectivity index (χ1n) is 8.81. The molecule has 1 saturated carbocycles. The third kappa shape index (κ3) is 6.14. The molecular formula is C17H26N4O5. The van der Waals surface area contributed by atoms with Gasteiger partial charge in [0.25, 0.3) is 5.91 Å². The van der Waals surface area contributed by atoms with Crippen LogP contribution in [0.15, 0.2) is 12.4 Å². The Bertz CT molecular complexity index is 624. The number of nitrogens with one attached hydrogen (secondary N) is 1. The van der Waals surface area contributed by atoms with Crippen molar-refractivity contribution in [1.29, 1.82) is 0 Å². The molecule has 9 heteroatoms. The van der Waals surface area contributed by atoms with Crippen molar-refractivity contribution in [3.8, 4) is 0 Å². The maximum atomic E-state index is 12.5. The molecule has 1 aliphatic rings. The van der Waals surface area contributed by atoms with Gasteiger partial charge in [0.1, 0.15) is 13.1 Å². The summed E-state index contributed by atoms with van der Waals surface area (Å²) in [5.74, 6) is -1.70. The van der Waals surface area contributed by atoms with Gasteiger partial charge in [0, 0.05) is 25.9 Å². The monoisotopic (exact) mass is 366 g/mol. The normalized spacial score (nSPS) is 14.8. The highest BCUT2D eigenvalue weighted by Gasteiger charge is 2.21. The molecule has 0 saturated heterocycles. The van der Waals surface area contributed by atoms with Crippen LogP contribution < -0.4 is 5.32 Å². The number of carbonyl (C=O) groups is 3. The first kappa shape index (κ1) is 19.9. The molecule has 0 spiro atoms. The van der Waals surface area contributed by atoms with Gasteiger partial charge in [0.2, 0.25) is 5.91 Å². The van der Waals surface area contributed by atoms with Gasteiger partial charge in [-0.2, -0.15) is 5.10 Å². The van der Waals surface area contributed by atoms with Gasteiger partial charge in [0.15, 0.2) is 0 Å². The van der Waals surface area contributed by atoms with E-state index >= 15 is 0 Å². The lowest BCUT2D eigenvalue weighted by Crippen LogP contribution is -2.38. The fraction of sp³-hybridized carbons (Fsp3) is 0.647. The zero-order valence-electron chi connectivity index (χ0n) is 15.0. The molecule has 1 aromatic rings. The van der Waals surface area contributed by atoms with Crippen LogP contribution in [0.3, 0.4) is 0 Å². The zero-order chi connectivity index (χ0) is 18.9. The van der Waals surface area contributed by atoms with Gasteiger partial charge in [0.05, 0.1) is 18.4 Å². The quantitative estimate of drug-likeness (QED) is 0.658. The highest BCUT2D eigenvalue weighted by atomic mass is 16.5. The number of carboxylic acids is 1. The average molecular weight is 366 g/mol. The van der Waals surface area contributed by atoms with Gasteiger partial charge in [-0.1, -0.05) is 19.3 Å². The Morgan fingerprint density at radius 3 is 2.73 bits per heavy atom. The molecule has 0 radical (unpaired) electrons. The number of carboxylic acid groups (broad SMARTS) is 1. The first-order valence-corrected chi connectivity index (χ1v) is 8.81. The second-order valence-corrected chi connectivity index (χ2v) is 6.44. The van der Waals surface area contributed by atoms with Crippen molar-refractivity contribution in [2.75, 3.05) is 26.8 Å². The molecule has 0 atom stereocenters. The van der Waals surface area contributed by atoms with E-state index in [1.54, 1.807) is 0 Å². The van der Waals surface area contributed by atoms with Crippen LogP contribution in [0, 0.1) is 0 Å². The molecule has 0 bridgehead atoms. The van der Waals surface area contributed by atoms with Crippen molar-refractivity contribution in [3.63, 3.8) is 0 Å². The van der Waals surface area contributed by atoms with Crippen LogP contribution >= 0.6 is 0 Å². The molecule has 0 aromatic carbocycles. The van der Waals surface area contributed by atoms with Crippen LogP contribution in [0.2, 0.25) is 0 Å². The third-order valence-corrected chi connectivity index (χ3v) is 4.33. The topological polar surface area (TPSA) is 114 Å². The number of amides is 2. The smallest absolute Gasteiger partial charge is 0.323 e. The minimum Gasteiger partial charge on any atom is -0.480 e. The van der Waals surface area contributed by atoms with Gasteiger partial charge >= 0.3 is 5.97 Å². The van der Waals surface area contributed by atoms with Gasteiger partial charge in [-0.15, -0.1) is 0 Å². The second-order valence-electron chi connectivity index (χ2n) is 6.44. The van der Waals surface area contributed by atoms with Crippen LogP contribution in [0.25, 0.3) is 0 Å². The van der Waals surface area contributed by atoms with Gasteiger partial charge in [-0.05, 0) is 12.8 Å². The number of aromatic nitrogens is 2. The molecule has 2 amide bonds. The van der Waals surface area contributed by atoms with Crippen LogP contribution in [0.5, 0.6) is 0 Å². The van der Waals surface area contributed by atoms with Crippen molar-refractivity contribution in [2.24, 2.45) is 0 Å². The zero-order valence-corrected chi connectivity index (χ0v) is 15.0. The predicted octanol–water partition coefficient (Wildman–Crippen LogP) is 0.505. The molecule has 1 fully saturated rings. The molecule has 0 unspecified atom stereocenters. The van der Waals surface area contributed by atoms with Gasteiger partial charge in [-0.25, -0.2) is 0 Å². The number of rotatable bonds is 9. The van der Waals surface area contributed by atoms with Crippen molar-refractivity contribution >= 4 is 17.8 Å². The molecule has 2 N–H and O–H groups in total. The Balaban J connectivity index is 1.92. The standard InChI is InChI=1S/C17H26N4O5/c1-26-8-7-20(12-16(23)24)17(25)13-9-18-21(10-13)11-15(22)19-14-5-3-2-4-6-14/h9-10,14H,2-8,11-12H2,1H3,(H,19,22)(H,23,24). The fourth-order valence-electron chi connectivity index (χ4n) is 3.03. The SMILES string of the molecule is COCCN(CC(=O)O)C(=O)c1cnn(CC(=O)NC2CCCCC2)c1. The number of carbonyl (C=O) groups excluding carboxylic acids is 2. The number of ether oxygens (including phenoxy) is 1. The summed E-state index contributed by atoms with van der Waals surface area (Å²) in [5.41, 5.74) is 0.243. The van der Waals surface area contributed by atoms with Crippen molar-refractivity contribution in [1.82, 2.24) is 20.0 Å². The van der Waals surface area contributed by atoms with Crippen LogP contribution in [-0.2, 0) is 20.9 Å². The summed E-state index contributed by atoms with van der Waals surface area (Å²) >= 11 is 0. The molecule has 9 nitrogen and oxygen atoms in total. The molecule has 0 aliphatic heterocycles. The van der Waals surface area contributed by atoms with Crippen LogP contribution in [-0.4, -0.2) is 70.4 Å². The van der Waals surface area contributed by atoms with Crippen LogP contribution in [0.4, 0.5) is 0 Å². The molecule has 1 aliphatic carbocycles. The van der Waals surface area contributed by atoms with Gasteiger partial charge in [-0.3, -0.25) is 19.1 Å². The van der Waals surface area contributed by atoms with Crippen molar-refractivity contribution in [2.45, 2.75) is 44.7 Å². The second kappa shape index (κ2) is 9.91. The average Bonchev–Trinajstić information content (AvgIpc) is 3.06. The third-order valence-electron chi connectivity index (χ3n) is 4.33. The summed E-state index contributed by atoms with van der Waals surface area (Å²) in [7, 11) is 1.48. The Morgan fingerprint density at radius 1 is 1.35 bits per heavy atom. The van der Waals surface area contributed by atoms with E-state index in [0.29, 0.717) is 0 Å². The fourth-order valence-corrected chi connectivity index (χ4v) is 3.03.